The second-order valence-corrected chi connectivity index (χ2v) is 8.87. The third kappa shape index (κ3) is 4.85. The van der Waals surface area contributed by atoms with Crippen molar-refractivity contribution in [3.63, 3.8) is 0 Å². The Hall–Kier alpha value is -3.14. The minimum Gasteiger partial charge on any atom is -1.00 e. The first-order valence-corrected chi connectivity index (χ1v) is 11.2. The lowest BCUT2D eigenvalue weighted by atomic mass is 10.2. The zero-order valence-electron chi connectivity index (χ0n) is 17.3. The maximum absolute atomic E-state index is 13.4. The minimum atomic E-state index is -3.89. The van der Waals surface area contributed by atoms with E-state index < -0.39 is 16.1 Å². The molecule has 0 aliphatic carbocycles. The van der Waals surface area contributed by atoms with Crippen molar-refractivity contribution < 1.29 is 35.4 Å². The number of aliphatic hydroxyl groups is 1. The summed E-state index contributed by atoms with van der Waals surface area (Å²) < 4.78 is 34.9. The number of nitrogens with one attached hydrogen (secondary N) is 1. The summed E-state index contributed by atoms with van der Waals surface area (Å²) in [6.45, 7) is 0.0153. The quantitative estimate of drug-likeness (QED) is 0.323. The van der Waals surface area contributed by atoms with Crippen molar-refractivity contribution in [2.45, 2.75) is 17.5 Å². The molecule has 0 radical (unpaired) electrons. The molecule has 4 aromatic rings. The molecule has 1 unspecified atom stereocenters. The summed E-state index contributed by atoms with van der Waals surface area (Å²) in [4.78, 5) is 0.151. The van der Waals surface area contributed by atoms with E-state index in [0.717, 1.165) is 11.0 Å². The Morgan fingerprint density at radius 2 is 1.69 bits per heavy atom. The molecular weight excluding hydrogens is 452 g/mol. The molecule has 0 amide bonds. The van der Waals surface area contributed by atoms with Gasteiger partial charge in [-0.05, 0) is 48.5 Å². The molecule has 2 N–H and O–H groups in total. The number of H-pyrrole nitrogens is 1. The predicted octanol–water partition coefficient (Wildman–Crippen LogP) is -0.881. The standard InChI is InChI=1S/C22H22N4O4S.ClH/c1-30-19-13-11-17(12-14-19)26(31(28,29)20-7-3-2-4-8-20)16-18(27)15-25-22-10-6-5-9-21(22)23-24-25;/h2-14,18,27H,15-16H2,1H3;1H. The van der Waals surface area contributed by atoms with Gasteiger partial charge in [0, 0.05) is 5.10 Å². The fraction of sp³-hybridized carbons (Fsp3) is 0.182. The molecule has 32 heavy (non-hydrogen) atoms. The van der Waals surface area contributed by atoms with Crippen molar-refractivity contribution in [1.82, 2.24) is 10.3 Å². The lowest BCUT2D eigenvalue weighted by Crippen LogP contribution is -3.00. The van der Waals surface area contributed by atoms with Crippen molar-refractivity contribution in [3.05, 3.63) is 78.9 Å². The number of anilines is 1. The van der Waals surface area contributed by atoms with E-state index in [4.69, 9.17) is 4.74 Å². The van der Waals surface area contributed by atoms with Crippen molar-refractivity contribution in [2.75, 3.05) is 18.0 Å². The van der Waals surface area contributed by atoms with E-state index in [1.54, 1.807) is 54.3 Å². The molecule has 0 aliphatic rings. The van der Waals surface area contributed by atoms with Gasteiger partial charge >= 0.3 is 0 Å². The minimum absolute atomic E-state index is 0. The van der Waals surface area contributed by atoms with Gasteiger partial charge in [-0.1, -0.05) is 35.5 Å². The fourth-order valence-corrected chi connectivity index (χ4v) is 4.89. The van der Waals surface area contributed by atoms with Crippen LogP contribution in [0.5, 0.6) is 5.75 Å². The summed E-state index contributed by atoms with van der Waals surface area (Å²) in [6, 6.07) is 22.4. The highest BCUT2D eigenvalue weighted by Crippen LogP contribution is 2.26. The number of hydrogen-bond acceptors (Lipinski definition) is 5. The Bertz CT molecular complexity index is 1260. The van der Waals surface area contributed by atoms with Crippen molar-refractivity contribution in [1.29, 1.82) is 0 Å². The van der Waals surface area contributed by atoms with Crippen molar-refractivity contribution >= 4 is 26.7 Å². The number of halogens is 1. The first-order valence-electron chi connectivity index (χ1n) is 9.72. The molecule has 168 valence electrons. The second-order valence-electron chi connectivity index (χ2n) is 7.01. The van der Waals surface area contributed by atoms with Crippen molar-refractivity contribution in [2.24, 2.45) is 0 Å². The summed E-state index contributed by atoms with van der Waals surface area (Å²) in [6.07, 6.45) is -0.991. The van der Waals surface area contributed by atoms with Crippen LogP contribution >= 0.6 is 0 Å². The summed E-state index contributed by atoms with van der Waals surface area (Å²) in [5, 5.41) is 17.9. The highest BCUT2D eigenvalue weighted by molar-refractivity contribution is 7.92. The molecular formula is C22H23ClN4O4S. The number of aromatic amines is 1. The molecule has 0 aliphatic heterocycles. The highest BCUT2D eigenvalue weighted by Gasteiger charge is 2.28. The monoisotopic (exact) mass is 474 g/mol. The fourth-order valence-electron chi connectivity index (χ4n) is 3.36. The summed E-state index contributed by atoms with van der Waals surface area (Å²) >= 11 is 0. The first kappa shape index (κ1) is 23.5. The normalized spacial score (nSPS) is 12.2. The Kier molecular flexibility index (Phi) is 7.34. The molecule has 1 heterocycles. The molecule has 0 fully saturated rings. The maximum atomic E-state index is 13.4. The largest absolute Gasteiger partial charge is 1.00 e. The predicted molar refractivity (Wildman–Crippen MR) is 116 cm³/mol. The summed E-state index contributed by atoms with van der Waals surface area (Å²) in [5.41, 5.74) is 2.02. The third-order valence-electron chi connectivity index (χ3n) is 4.93. The molecule has 10 heteroatoms. The molecule has 1 aromatic heterocycles. The third-order valence-corrected chi connectivity index (χ3v) is 6.73. The van der Waals surface area contributed by atoms with Crippen LogP contribution in [0.2, 0.25) is 0 Å². The SMILES string of the molecule is COc1ccc(N(CC(O)C[n+]2[nH]nc3ccccc32)S(=O)(=O)c2ccccc2)cc1.[Cl-]. The van der Waals surface area contributed by atoms with Crippen LogP contribution in [0.25, 0.3) is 11.0 Å². The number of aromatic nitrogens is 3. The van der Waals surface area contributed by atoms with Crippen LogP contribution in [0, 0.1) is 0 Å². The first-order chi connectivity index (χ1) is 15.0. The number of nitrogens with zero attached hydrogens (tertiary/aromatic N) is 3. The lowest BCUT2D eigenvalue weighted by molar-refractivity contribution is -0.736. The average molecular weight is 475 g/mol. The van der Waals surface area contributed by atoms with Crippen LogP contribution in [-0.4, -0.2) is 43.6 Å². The zero-order chi connectivity index (χ0) is 21.8. The molecule has 3 aromatic carbocycles. The Morgan fingerprint density at radius 3 is 2.38 bits per heavy atom. The van der Waals surface area contributed by atoms with E-state index in [1.807, 2.05) is 24.3 Å². The van der Waals surface area contributed by atoms with E-state index in [9.17, 15) is 13.5 Å². The number of benzene rings is 3. The van der Waals surface area contributed by atoms with E-state index in [1.165, 1.54) is 16.4 Å². The average Bonchev–Trinajstić information content (AvgIpc) is 3.21. The number of aliphatic hydroxyl groups excluding tert-OH is 1. The van der Waals surface area contributed by atoms with Crippen LogP contribution in [-0.2, 0) is 16.6 Å². The van der Waals surface area contributed by atoms with Gasteiger partial charge in [0.2, 0.25) is 11.0 Å². The number of hydrogen-bond donors (Lipinski definition) is 2. The van der Waals surface area contributed by atoms with Gasteiger partial charge in [0.15, 0.2) is 0 Å². The maximum Gasteiger partial charge on any atom is 0.264 e. The second kappa shape index (κ2) is 9.99. The number of methoxy groups -OCH3 is 1. The van der Waals surface area contributed by atoms with E-state index in [-0.39, 0.29) is 30.4 Å². The van der Waals surface area contributed by atoms with Crippen LogP contribution in [0.15, 0.2) is 83.8 Å². The van der Waals surface area contributed by atoms with Crippen LogP contribution in [0.4, 0.5) is 5.69 Å². The zero-order valence-corrected chi connectivity index (χ0v) is 18.9. The summed E-state index contributed by atoms with van der Waals surface area (Å²) in [7, 11) is -2.35. The van der Waals surface area contributed by atoms with Crippen LogP contribution < -0.4 is 26.1 Å². The molecule has 8 nitrogen and oxygen atoms in total. The molecule has 1 atom stereocenters. The van der Waals surface area contributed by atoms with Gasteiger partial charge < -0.3 is 22.3 Å². The van der Waals surface area contributed by atoms with Gasteiger partial charge in [0.1, 0.15) is 18.4 Å². The Morgan fingerprint density at radius 1 is 1.03 bits per heavy atom. The molecule has 0 bridgehead atoms. The number of sulfonamides is 1. The molecule has 0 spiro atoms. The number of rotatable bonds is 8. The van der Waals surface area contributed by atoms with Crippen LogP contribution in [0.3, 0.4) is 0 Å². The topological polar surface area (TPSA) is 99.4 Å². The van der Waals surface area contributed by atoms with Crippen LogP contribution in [0.1, 0.15) is 0 Å². The molecule has 4 rings (SSSR count). The van der Waals surface area contributed by atoms with Gasteiger partial charge in [-0.2, -0.15) is 4.68 Å². The van der Waals surface area contributed by atoms with E-state index in [0.29, 0.717) is 11.4 Å². The lowest BCUT2D eigenvalue weighted by Gasteiger charge is -2.26. The number of para-hydroxylation sites is 2. The molecule has 0 saturated carbocycles. The van der Waals surface area contributed by atoms with E-state index >= 15 is 0 Å². The summed E-state index contributed by atoms with van der Waals surface area (Å²) in [5.74, 6) is 0.612. The van der Waals surface area contributed by atoms with Gasteiger partial charge in [-0.15, -0.1) is 0 Å². The number of fused-ring (bicyclic) bond motifs is 1. The van der Waals surface area contributed by atoms with Crippen molar-refractivity contribution in [3.8, 4) is 5.75 Å². The van der Waals surface area contributed by atoms with E-state index in [2.05, 4.69) is 10.3 Å². The Labute approximate surface area is 192 Å². The number of ether oxygens (including phenoxy) is 1. The van der Waals surface area contributed by atoms with Gasteiger partial charge in [0.05, 0.1) is 24.2 Å². The Balaban J connectivity index is 0.00000289. The van der Waals surface area contributed by atoms with Gasteiger partial charge in [0.25, 0.3) is 10.0 Å². The van der Waals surface area contributed by atoms with Gasteiger partial charge in [-0.25, -0.2) is 8.42 Å². The van der Waals surface area contributed by atoms with Gasteiger partial charge in [-0.3, -0.25) is 4.31 Å². The highest BCUT2D eigenvalue weighted by atomic mass is 35.5. The smallest absolute Gasteiger partial charge is 0.264 e. The molecule has 0 saturated heterocycles.